The molecule has 0 saturated heterocycles. The van der Waals surface area contributed by atoms with Gasteiger partial charge in [-0.05, 0) is 107 Å². The molecule has 306 valence electrons. The molecule has 0 amide bonds. The molecule has 11 aromatic rings. The zero-order valence-corrected chi connectivity index (χ0v) is 36.2. The van der Waals surface area contributed by atoms with E-state index in [0.29, 0.717) is 17.5 Å². The molecule has 0 fully saturated rings. The molecule has 65 heavy (non-hydrogen) atoms. The molecule has 1 aliphatic carbocycles. The van der Waals surface area contributed by atoms with E-state index in [9.17, 15) is 0 Å². The average molecular weight is 830 g/mol. The first kappa shape index (κ1) is 38.4. The third-order valence-electron chi connectivity index (χ3n) is 13.4. The van der Waals surface area contributed by atoms with Gasteiger partial charge in [0.15, 0.2) is 17.5 Å². The summed E-state index contributed by atoms with van der Waals surface area (Å²) in [5.41, 5.74) is 18.0. The fraction of sp³-hybridized carbons (Fsp3) is 0.0484. The van der Waals surface area contributed by atoms with E-state index in [1.165, 1.54) is 77.2 Å². The summed E-state index contributed by atoms with van der Waals surface area (Å²) in [6, 6.07) is 80.6. The third kappa shape index (κ3) is 6.81. The Labute approximate surface area is 379 Å². The van der Waals surface area contributed by atoms with E-state index in [-0.39, 0.29) is 5.41 Å². The predicted molar refractivity (Wildman–Crippen MR) is 270 cm³/mol. The summed E-state index contributed by atoms with van der Waals surface area (Å²) < 4.78 is 0. The Balaban J connectivity index is 0.820. The summed E-state index contributed by atoms with van der Waals surface area (Å²) in [7, 11) is 0. The van der Waals surface area contributed by atoms with Gasteiger partial charge >= 0.3 is 0 Å². The van der Waals surface area contributed by atoms with Crippen LogP contribution in [0.4, 0.5) is 0 Å². The van der Waals surface area contributed by atoms with Crippen molar-refractivity contribution in [2.75, 3.05) is 0 Å². The van der Waals surface area contributed by atoms with Crippen LogP contribution in [0.15, 0.2) is 224 Å². The molecule has 3 heteroatoms. The fourth-order valence-corrected chi connectivity index (χ4v) is 9.88. The van der Waals surface area contributed by atoms with E-state index in [0.717, 1.165) is 27.8 Å². The molecule has 1 aliphatic rings. The molecule has 0 aliphatic heterocycles. The minimum absolute atomic E-state index is 0.0181. The van der Waals surface area contributed by atoms with E-state index in [1.807, 2.05) is 60.7 Å². The maximum absolute atomic E-state index is 4.93. The number of fused-ring (bicyclic) bond motifs is 5. The lowest BCUT2D eigenvalue weighted by Gasteiger charge is -2.22. The Morgan fingerprint density at radius 3 is 1.14 bits per heavy atom. The van der Waals surface area contributed by atoms with Crippen LogP contribution < -0.4 is 0 Å². The highest BCUT2D eigenvalue weighted by Gasteiger charge is 2.35. The minimum atomic E-state index is -0.0181. The van der Waals surface area contributed by atoms with E-state index >= 15 is 0 Å². The Morgan fingerprint density at radius 1 is 0.262 bits per heavy atom. The molecule has 0 radical (unpaired) electrons. The van der Waals surface area contributed by atoms with Gasteiger partial charge in [0, 0.05) is 22.1 Å². The highest BCUT2D eigenvalue weighted by molar-refractivity contribution is 6.07. The lowest BCUT2D eigenvalue weighted by atomic mass is 9.81. The van der Waals surface area contributed by atoms with Gasteiger partial charge in [0.25, 0.3) is 0 Å². The topological polar surface area (TPSA) is 38.7 Å². The maximum atomic E-state index is 4.93. The van der Waals surface area contributed by atoms with Crippen LogP contribution in [-0.2, 0) is 5.41 Å². The quantitative estimate of drug-likeness (QED) is 0.161. The van der Waals surface area contributed by atoms with E-state index < -0.39 is 0 Å². The van der Waals surface area contributed by atoms with Crippen molar-refractivity contribution in [3.63, 3.8) is 0 Å². The Bertz CT molecular complexity index is 3530. The number of nitrogens with zero attached hydrogens (tertiary/aromatic N) is 3. The monoisotopic (exact) mass is 829 g/mol. The average Bonchev–Trinajstić information content (AvgIpc) is 3.61. The van der Waals surface area contributed by atoms with Gasteiger partial charge < -0.3 is 0 Å². The summed E-state index contributed by atoms with van der Waals surface area (Å²) in [6.45, 7) is 4.69. The number of benzene rings is 10. The molecular formula is C62H43N3. The Morgan fingerprint density at radius 2 is 0.631 bits per heavy atom. The first-order valence-corrected chi connectivity index (χ1v) is 22.3. The summed E-state index contributed by atoms with van der Waals surface area (Å²) in [5, 5.41) is 4.90. The SMILES string of the molecule is CC1(C)c2ccccc2-c2ccc(-c3ccc(-c4ccc5c(-c6cccc7cc(-c8ccc(-c9nc(-c%10ccccc%10)nc(-c%10ccccc%10)n9)cc8)ccc67)cccc5c4)cc3)cc21. The molecule has 1 heterocycles. The number of rotatable bonds is 7. The van der Waals surface area contributed by atoms with Gasteiger partial charge in [-0.1, -0.05) is 220 Å². The Kier molecular flexibility index (Phi) is 9.17. The van der Waals surface area contributed by atoms with E-state index in [1.54, 1.807) is 0 Å². The van der Waals surface area contributed by atoms with Gasteiger partial charge in [0.05, 0.1) is 0 Å². The Hall–Kier alpha value is -8.27. The molecule has 0 atom stereocenters. The number of aromatic nitrogens is 3. The van der Waals surface area contributed by atoms with Crippen LogP contribution in [0, 0.1) is 0 Å². The van der Waals surface area contributed by atoms with Crippen LogP contribution in [0.3, 0.4) is 0 Å². The van der Waals surface area contributed by atoms with Crippen LogP contribution >= 0.6 is 0 Å². The van der Waals surface area contributed by atoms with Crippen molar-refractivity contribution >= 4 is 21.5 Å². The summed E-state index contributed by atoms with van der Waals surface area (Å²) >= 11 is 0. The first-order valence-electron chi connectivity index (χ1n) is 22.3. The van der Waals surface area contributed by atoms with Gasteiger partial charge in [0.1, 0.15) is 0 Å². The highest BCUT2D eigenvalue weighted by Crippen LogP contribution is 2.49. The molecule has 0 saturated carbocycles. The van der Waals surface area contributed by atoms with Crippen molar-refractivity contribution in [2.24, 2.45) is 0 Å². The predicted octanol–water partition coefficient (Wildman–Crippen LogP) is 16.2. The third-order valence-corrected chi connectivity index (χ3v) is 13.4. The molecule has 10 aromatic carbocycles. The normalized spacial score (nSPS) is 12.6. The van der Waals surface area contributed by atoms with Crippen LogP contribution in [-0.4, -0.2) is 15.0 Å². The second kappa shape index (κ2) is 15.5. The second-order valence-corrected chi connectivity index (χ2v) is 17.6. The van der Waals surface area contributed by atoms with Crippen molar-refractivity contribution < 1.29 is 0 Å². The first-order chi connectivity index (χ1) is 31.9. The number of hydrogen-bond acceptors (Lipinski definition) is 3. The summed E-state index contributed by atoms with van der Waals surface area (Å²) in [6.07, 6.45) is 0. The minimum Gasteiger partial charge on any atom is -0.208 e. The molecule has 0 bridgehead atoms. The molecule has 0 N–H and O–H groups in total. The molecule has 12 rings (SSSR count). The van der Waals surface area contributed by atoms with Crippen molar-refractivity contribution in [3.05, 3.63) is 236 Å². The highest BCUT2D eigenvalue weighted by atomic mass is 15.0. The van der Waals surface area contributed by atoms with E-state index in [2.05, 4.69) is 178 Å². The molecular weight excluding hydrogens is 787 g/mol. The zero-order valence-electron chi connectivity index (χ0n) is 36.2. The molecule has 3 nitrogen and oxygen atoms in total. The van der Waals surface area contributed by atoms with Gasteiger partial charge in [0.2, 0.25) is 0 Å². The van der Waals surface area contributed by atoms with Crippen molar-refractivity contribution in [2.45, 2.75) is 19.3 Å². The second-order valence-electron chi connectivity index (χ2n) is 17.6. The van der Waals surface area contributed by atoms with Gasteiger partial charge in [-0.2, -0.15) is 0 Å². The summed E-state index contributed by atoms with van der Waals surface area (Å²) in [5.74, 6) is 1.96. The van der Waals surface area contributed by atoms with Crippen LogP contribution in [0.2, 0.25) is 0 Å². The maximum Gasteiger partial charge on any atom is 0.164 e. The van der Waals surface area contributed by atoms with Crippen LogP contribution in [0.1, 0.15) is 25.0 Å². The van der Waals surface area contributed by atoms with Gasteiger partial charge in [-0.15, -0.1) is 0 Å². The lowest BCUT2D eigenvalue weighted by molar-refractivity contribution is 0.660. The zero-order chi connectivity index (χ0) is 43.5. The lowest BCUT2D eigenvalue weighted by Crippen LogP contribution is -2.14. The number of hydrogen-bond donors (Lipinski definition) is 0. The molecule has 0 spiro atoms. The smallest absolute Gasteiger partial charge is 0.164 e. The van der Waals surface area contributed by atoms with Gasteiger partial charge in [-0.25, -0.2) is 15.0 Å². The van der Waals surface area contributed by atoms with Crippen molar-refractivity contribution in [3.8, 4) is 89.8 Å². The molecule has 0 unspecified atom stereocenters. The summed E-state index contributed by atoms with van der Waals surface area (Å²) in [4.78, 5) is 14.7. The van der Waals surface area contributed by atoms with E-state index in [4.69, 9.17) is 15.0 Å². The van der Waals surface area contributed by atoms with Crippen LogP contribution in [0.25, 0.3) is 111 Å². The van der Waals surface area contributed by atoms with Crippen LogP contribution in [0.5, 0.6) is 0 Å². The van der Waals surface area contributed by atoms with Crippen molar-refractivity contribution in [1.29, 1.82) is 0 Å². The molecule has 1 aromatic heterocycles. The van der Waals surface area contributed by atoms with Gasteiger partial charge in [-0.3, -0.25) is 0 Å². The largest absolute Gasteiger partial charge is 0.208 e. The van der Waals surface area contributed by atoms with Crippen molar-refractivity contribution in [1.82, 2.24) is 15.0 Å². The fourth-order valence-electron chi connectivity index (χ4n) is 9.88. The standard InChI is InChI=1S/C62H43N3/c1-62(2)57-22-10-9-19-55(57)56-36-33-48(39-58(56)62)42-25-23-40(24-26-42)46-31-34-51-49(37-46)17-11-20-53(51)54-21-12-18-50-38-47(32-35-52(50)54)41-27-29-45(30-28-41)61-64-59(43-13-5-3-6-14-43)63-60(65-61)44-15-7-4-8-16-44/h3-39H,1-2H3.